The van der Waals surface area contributed by atoms with Crippen molar-refractivity contribution in [3.05, 3.63) is 34.9 Å². The largest absolute Gasteiger partial charge is 0.480 e. The van der Waals surface area contributed by atoms with E-state index in [1.807, 2.05) is 0 Å². The number of aliphatic carboxylic acids is 1. The van der Waals surface area contributed by atoms with Gasteiger partial charge < -0.3 is 10.4 Å². The van der Waals surface area contributed by atoms with Crippen LogP contribution in [0.15, 0.2) is 24.3 Å². The van der Waals surface area contributed by atoms with Gasteiger partial charge in [-0.15, -0.1) is 0 Å². The minimum Gasteiger partial charge on any atom is -0.480 e. The molecule has 0 spiro atoms. The average Bonchev–Trinajstić information content (AvgIpc) is 2.23. The lowest BCUT2D eigenvalue weighted by Crippen LogP contribution is -2.59. The molecule has 0 atom stereocenters. The molecule has 0 saturated heterocycles. The number of nitrogens with one attached hydrogen (secondary N) is 1. The molecule has 0 bridgehead atoms. The summed E-state index contributed by atoms with van der Waals surface area (Å²) in [6, 6.07) is 6.99. The molecule has 1 saturated carbocycles. The van der Waals surface area contributed by atoms with Crippen molar-refractivity contribution in [3.8, 4) is 0 Å². The molecule has 0 heterocycles. The fourth-order valence-electron chi connectivity index (χ4n) is 2.07. The van der Waals surface area contributed by atoms with Crippen molar-refractivity contribution in [3.63, 3.8) is 0 Å². The molecule has 1 aromatic carbocycles. The third-order valence-corrected chi connectivity index (χ3v) is 3.48. The molecule has 1 aliphatic rings. The van der Waals surface area contributed by atoms with Crippen LogP contribution in [0.25, 0.3) is 0 Å². The number of amides is 1. The highest BCUT2D eigenvalue weighted by atomic mass is 35.5. The summed E-state index contributed by atoms with van der Waals surface area (Å²) in [6.07, 6.45) is 1.99. The van der Waals surface area contributed by atoms with Crippen LogP contribution >= 0.6 is 11.6 Å². The summed E-state index contributed by atoms with van der Waals surface area (Å²) in [6.45, 7) is 0. The van der Waals surface area contributed by atoms with Gasteiger partial charge in [0.05, 0.1) is 6.42 Å². The number of rotatable bonds is 4. The van der Waals surface area contributed by atoms with Gasteiger partial charge in [-0.1, -0.05) is 23.7 Å². The van der Waals surface area contributed by atoms with E-state index >= 15 is 0 Å². The Morgan fingerprint density at radius 3 is 2.61 bits per heavy atom. The normalized spacial score (nSPS) is 16.7. The molecule has 1 aliphatic carbocycles. The zero-order valence-corrected chi connectivity index (χ0v) is 10.5. The Labute approximate surface area is 110 Å². The van der Waals surface area contributed by atoms with E-state index in [1.54, 1.807) is 24.3 Å². The standard InChI is InChI=1S/C13H14ClNO3/c14-10-4-1-3-9(7-10)8-11(16)15-13(12(17)18)5-2-6-13/h1,3-4,7H,2,5-6,8H2,(H,15,16)(H,17,18). The van der Waals surface area contributed by atoms with Gasteiger partial charge in [-0.05, 0) is 37.0 Å². The predicted molar refractivity (Wildman–Crippen MR) is 67.5 cm³/mol. The van der Waals surface area contributed by atoms with Gasteiger partial charge in [0.2, 0.25) is 5.91 Å². The van der Waals surface area contributed by atoms with Crippen LogP contribution in [-0.2, 0) is 16.0 Å². The summed E-state index contributed by atoms with van der Waals surface area (Å²) < 4.78 is 0. The Bertz CT molecular complexity index is 483. The van der Waals surface area contributed by atoms with Crippen molar-refractivity contribution < 1.29 is 14.7 Å². The Hall–Kier alpha value is -1.55. The molecular formula is C13H14ClNO3. The highest BCUT2D eigenvalue weighted by Crippen LogP contribution is 2.32. The number of carboxylic acid groups (broad SMARTS) is 1. The Balaban J connectivity index is 1.99. The van der Waals surface area contributed by atoms with Crippen LogP contribution in [0.5, 0.6) is 0 Å². The highest BCUT2D eigenvalue weighted by molar-refractivity contribution is 6.30. The van der Waals surface area contributed by atoms with Crippen LogP contribution in [0.3, 0.4) is 0 Å². The fraction of sp³-hybridized carbons (Fsp3) is 0.385. The lowest BCUT2D eigenvalue weighted by molar-refractivity contribution is -0.151. The number of carboxylic acids is 1. The van der Waals surface area contributed by atoms with Crippen molar-refractivity contribution in [1.82, 2.24) is 5.32 Å². The van der Waals surface area contributed by atoms with Crippen molar-refractivity contribution in [1.29, 1.82) is 0 Å². The summed E-state index contributed by atoms with van der Waals surface area (Å²) >= 11 is 5.82. The van der Waals surface area contributed by atoms with Crippen LogP contribution in [0, 0.1) is 0 Å². The van der Waals surface area contributed by atoms with Crippen LogP contribution in [0.2, 0.25) is 5.02 Å². The Morgan fingerprint density at radius 2 is 2.11 bits per heavy atom. The summed E-state index contributed by atoms with van der Waals surface area (Å²) in [4.78, 5) is 22.9. The van der Waals surface area contributed by atoms with E-state index in [9.17, 15) is 9.59 Å². The predicted octanol–water partition coefficient (Wildman–Crippen LogP) is 2.01. The van der Waals surface area contributed by atoms with Crippen LogP contribution in [0.4, 0.5) is 0 Å². The summed E-state index contributed by atoms with van der Waals surface area (Å²) in [7, 11) is 0. The summed E-state index contributed by atoms with van der Waals surface area (Å²) in [5.74, 6) is -1.23. The van der Waals surface area contributed by atoms with Crippen molar-refractivity contribution in [2.24, 2.45) is 0 Å². The number of halogens is 1. The van der Waals surface area contributed by atoms with Gasteiger partial charge in [-0.2, -0.15) is 0 Å². The van der Waals surface area contributed by atoms with E-state index in [-0.39, 0.29) is 12.3 Å². The minimum atomic E-state index is -1.05. The molecule has 0 aromatic heterocycles. The van der Waals surface area contributed by atoms with Crippen LogP contribution < -0.4 is 5.32 Å². The molecule has 18 heavy (non-hydrogen) atoms. The number of carbonyl (C=O) groups excluding carboxylic acids is 1. The molecule has 1 amide bonds. The van der Waals surface area contributed by atoms with Gasteiger partial charge in [0, 0.05) is 5.02 Å². The zero-order valence-electron chi connectivity index (χ0n) is 9.78. The highest BCUT2D eigenvalue weighted by Gasteiger charge is 2.45. The first-order chi connectivity index (χ1) is 8.52. The third-order valence-electron chi connectivity index (χ3n) is 3.25. The van der Waals surface area contributed by atoms with Crippen LogP contribution in [-0.4, -0.2) is 22.5 Å². The van der Waals surface area contributed by atoms with Gasteiger partial charge in [0.1, 0.15) is 5.54 Å². The van der Waals surface area contributed by atoms with Gasteiger partial charge in [-0.25, -0.2) is 4.79 Å². The first kappa shape index (κ1) is 12.9. The van der Waals surface area contributed by atoms with E-state index in [2.05, 4.69) is 5.32 Å². The second kappa shape index (κ2) is 4.98. The molecule has 2 N–H and O–H groups in total. The van der Waals surface area contributed by atoms with Gasteiger partial charge in [0.15, 0.2) is 0 Å². The topological polar surface area (TPSA) is 66.4 Å². The second-order valence-corrected chi connectivity index (χ2v) is 5.03. The lowest BCUT2D eigenvalue weighted by Gasteiger charge is -2.38. The quantitative estimate of drug-likeness (QED) is 0.877. The first-order valence-electron chi connectivity index (χ1n) is 5.81. The summed E-state index contributed by atoms with van der Waals surface area (Å²) in [5, 5.41) is 12.3. The smallest absolute Gasteiger partial charge is 0.329 e. The van der Waals surface area contributed by atoms with Crippen LogP contribution in [0.1, 0.15) is 24.8 Å². The summed E-state index contributed by atoms with van der Waals surface area (Å²) in [5.41, 5.74) is -0.268. The zero-order chi connectivity index (χ0) is 13.2. The SMILES string of the molecule is O=C(Cc1cccc(Cl)c1)NC1(C(=O)O)CCC1. The monoisotopic (exact) mass is 267 g/mol. The third kappa shape index (κ3) is 2.64. The van der Waals surface area contributed by atoms with Gasteiger partial charge >= 0.3 is 5.97 Å². The first-order valence-corrected chi connectivity index (χ1v) is 6.18. The molecule has 1 aromatic rings. The molecular weight excluding hydrogens is 254 g/mol. The van der Waals surface area contributed by atoms with E-state index in [1.165, 1.54) is 0 Å². The fourth-order valence-corrected chi connectivity index (χ4v) is 2.28. The average molecular weight is 268 g/mol. The lowest BCUT2D eigenvalue weighted by atomic mass is 9.76. The Kier molecular flexibility index (Phi) is 3.57. The maximum absolute atomic E-state index is 11.8. The van der Waals surface area contributed by atoms with Crippen molar-refractivity contribution >= 4 is 23.5 Å². The molecule has 1 fully saturated rings. The Morgan fingerprint density at radius 1 is 1.39 bits per heavy atom. The molecule has 0 unspecified atom stereocenters. The molecule has 96 valence electrons. The molecule has 4 nitrogen and oxygen atoms in total. The van der Waals surface area contributed by atoms with Gasteiger partial charge in [-0.3, -0.25) is 4.79 Å². The molecule has 5 heteroatoms. The van der Waals surface area contributed by atoms with E-state index < -0.39 is 11.5 Å². The maximum atomic E-state index is 11.8. The van der Waals surface area contributed by atoms with E-state index in [4.69, 9.17) is 16.7 Å². The van der Waals surface area contributed by atoms with E-state index in [0.29, 0.717) is 17.9 Å². The number of benzene rings is 1. The molecule has 0 aliphatic heterocycles. The van der Waals surface area contributed by atoms with Gasteiger partial charge in [0.25, 0.3) is 0 Å². The second-order valence-electron chi connectivity index (χ2n) is 4.60. The molecule has 2 rings (SSSR count). The molecule has 0 radical (unpaired) electrons. The maximum Gasteiger partial charge on any atom is 0.329 e. The van der Waals surface area contributed by atoms with E-state index in [0.717, 1.165) is 12.0 Å². The number of hydrogen-bond acceptors (Lipinski definition) is 2. The minimum absolute atomic E-state index is 0.148. The number of hydrogen-bond donors (Lipinski definition) is 2. The van der Waals surface area contributed by atoms with Crippen molar-refractivity contribution in [2.45, 2.75) is 31.2 Å². The number of carbonyl (C=O) groups is 2. The van der Waals surface area contributed by atoms with Crippen molar-refractivity contribution in [2.75, 3.05) is 0 Å².